The summed E-state index contributed by atoms with van der Waals surface area (Å²) in [4.78, 5) is 0. The summed E-state index contributed by atoms with van der Waals surface area (Å²) in [7, 11) is 0. The highest BCUT2D eigenvalue weighted by Crippen LogP contribution is 2.28. The molecular weight excluding hydrogens is 391 g/mol. The van der Waals surface area contributed by atoms with Gasteiger partial charge in [0.1, 0.15) is 0 Å². The number of hydrazine groups is 1. The SMILES string of the molecule is NNC(c1ccccc1)c1cc(Br)ccc1I. The Morgan fingerprint density at radius 3 is 2.47 bits per heavy atom. The van der Waals surface area contributed by atoms with Crippen molar-refractivity contribution < 1.29 is 0 Å². The van der Waals surface area contributed by atoms with Crippen LogP contribution in [0.1, 0.15) is 17.2 Å². The molecule has 0 heterocycles. The number of benzene rings is 2. The molecule has 0 aliphatic carbocycles. The molecule has 3 N–H and O–H groups in total. The van der Waals surface area contributed by atoms with Crippen LogP contribution in [0.5, 0.6) is 0 Å². The van der Waals surface area contributed by atoms with Crippen molar-refractivity contribution in [2.24, 2.45) is 5.84 Å². The quantitative estimate of drug-likeness (QED) is 0.467. The Morgan fingerprint density at radius 1 is 1.12 bits per heavy atom. The van der Waals surface area contributed by atoms with Crippen molar-refractivity contribution >= 4 is 38.5 Å². The van der Waals surface area contributed by atoms with Crippen LogP contribution in [-0.4, -0.2) is 0 Å². The van der Waals surface area contributed by atoms with Crippen molar-refractivity contribution in [3.63, 3.8) is 0 Å². The second kappa shape index (κ2) is 5.95. The zero-order valence-electron chi connectivity index (χ0n) is 9.03. The third-order valence-corrected chi connectivity index (χ3v) is 4.04. The van der Waals surface area contributed by atoms with E-state index in [9.17, 15) is 0 Å². The summed E-state index contributed by atoms with van der Waals surface area (Å²) < 4.78 is 2.25. The number of halogens is 2. The molecule has 2 nitrogen and oxygen atoms in total. The van der Waals surface area contributed by atoms with Gasteiger partial charge in [-0.05, 0) is 51.9 Å². The van der Waals surface area contributed by atoms with Crippen LogP contribution in [0.4, 0.5) is 0 Å². The van der Waals surface area contributed by atoms with Crippen LogP contribution in [0.15, 0.2) is 53.0 Å². The van der Waals surface area contributed by atoms with E-state index in [-0.39, 0.29) is 6.04 Å². The second-order valence-corrected chi connectivity index (χ2v) is 5.75. The summed E-state index contributed by atoms with van der Waals surface area (Å²) in [6.07, 6.45) is 0. The molecule has 0 fully saturated rings. The molecule has 17 heavy (non-hydrogen) atoms. The van der Waals surface area contributed by atoms with Gasteiger partial charge in [-0.3, -0.25) is 5.84 Å². The van der Waals surface area contributed by atoms with Crippen LogP contribution in [0, 0.1) is 3.57 Å². The van der Waals surface area contributed by atoms with E-state index in [4.69, 9.17) is 5.84 Å². The first-order valence-electron chi connectivity index (χ1n) is 5.18. The van der Waals surface area contributed by atoms with Gasteiger partial charge in [0, 0.05) is 8.04 Å². The lowest BCUT2D eigenvalue weighted by Gasteiger charge is -2.18. The molecule has 88 valence electrons. The molecule has 0 amide bonds. The van der Waals surface area contributed by atoms with E-state index in [1.54, 1.807) is 0 Å². The molecule has 1 atom stereocenters. The van der Waals surface area contributed by atoms with Gasteiger partial charge in [-0.2, -0.15) is 0 Å². The average molecular weight is 403 g/mol. The van der Waals surface area contributed by atoms with Gasteiger partial charge in [0.2, 0.25) is 0 Å². The molecule has 0 radical (unpaired) electrons. The van der Waals surface area contributed by atoms with E-state index in [2.05, 4.69) is 68.2 Å². The van der Waals surface area contributed by atoms with E-state index < -0.39 is 0 Å². The summed E-state index contributed by atoms with van der Waals surface area (Å²) in [6.45, 7) is 0. The Kier molecular flexibility index (Phi) is 4.55. The topological polar surface area (TPSA) is 38.0 Å². The fourth-order valence-electron chi connectivity index (χ4n) is 1.75. The molecule has 4 heteroatoms. The van der Waals surface area contributed by atoms with Crippen LogP contribution in [0.2, 0.25) is 0 Å². The van der Waals surface area contributed by atoms with Crippen molar-refractivity contribution in [1.82, 2.24) is 5.43 Å². The number of rotatable bonds is 3. The van der Waals surface area contributed by atoms with E-state index in [1.807, 2.05) is 24.3 Å². The Labute approximate surface area is 123 Å². The third-order valence-electron chi connectivity index (χ3n) is 2.57. The van der Waals surface area contributed by atoms with Gasteiger partial charge >= 0.3 is 0 Å². The minimum absolute atomic E-state index is 0.0144. The lowest BCUT2D eigenvalue weighted by molar-refractivity contribution is 0.634. The van der Waals surface area contributed by atoms with Gasteiger partial charge < -0.3 is 0 Å². The summed E-state index contributed by atoms with van der Waals surface area (Å²) in [5.41, 5.74) is 5.21. The Bertz CT molecular complexity index is 502. The number of nitrogens with one attached hydrogen (secondary N) is 1. The van der Waals surface area contributed by atoms with Crippen LogP contribution >= 0.6 is 38.5 Å². The van der Waals surface area contributed by atoms with Crippen molar-refractivity contribution in [3.8, 4) is 0 Å². The van der Waals surface area contributed by atoms with Gasteiger partial charge in [-0.15, -0.1) is 0 Å². The van der Waals surface area contributed by atoms with Gasteiger partial charge in [0.25, 0.3) is 0 Å². The van der Waals surface area contributed by atoms with Crippen molar-refractivity contribution in [2.75, 3.05) is 0 Å². The summed E-state index contributed by atoms with van der Waals surface area (Å²) in [5.74, 6) is 5.69. The lowest BCUT2D eigenvalue weighted by atomic mass is 9.99. The highest BCUT2D eigenvalue weighted by atomic mass is 127. The maximum Gasteiger partial charge on any atom is 0.0720 e. The zero-order chi connectivity index (χ0) is 12.3. The summed E-state index contributed by atoms with van der Waals surface area (Å²) in [6, 6.07) is 16.4. The van der Waals surface area contributed by atoms with E-state index in [0.717, 1.165) is 10.0 Å². The largest absolute Gasteiger partial charge is 0.271 e. The fraction of sp³-hybridized carbons (Fsp3) is 0.0769. The Balaban J connectivity index is 2.46. The van der Waals surface area contributed by atoms with E-state index >= 15 is 0 Å². The number of nitrogens with two attached hydrogens (primary N) is 1. The smallest absolute Gasteiger partial charge is 0.0720 e. The highest BCUT2D eigenvalue weighted by molar-refractivity contribution is 14.1. The Hall–Kier alpha value is -0.430. The molecule has 2 rings (SSSR count). The predicted octanol–water partition coefficient (Wildman–Crippen LogP) is 3.61. The minimum Gasteiger partial charge on any atom is -0.271 e. The normalized spacial score (nSPS) is 12.4. The second-order valence-electron chi connectivity index (χ2n) is 3.68. The van der Waals surface area contributed by atoms with Crippen LogP contribution in [0.25, 0.3) is 0 Å². The minimum atomic E-state index is 0.0144. The van der Waals surface area contributed by atoms with Gasteiger partial charge in [0.05, 0.1) is 6.04 Å². The molecule has 2 aromatic rings. The predicted molar refractivity (Wildman–Crippen MR) is 82.5 cm³/mol. The molecular formula is C13H12BrIN2. The van der Waals surface area contributed by atoms with Crippen molar-refractivity contribution in [3.05, 3.63) is 67.7 Å². The fourth-order valence-corrected chi connectivity index (χ4v) is 2.77. The maximum absolute atomic E-state index is 5.69. The van der Waals surface area contributed by atoms with E-state index in [0.29, 0.717) is 0 Å². The third kappa shape index (κ3) is 3.07. The van der Waals surface area contributed by atoms with Crippen LogP contribution < -0.4 is 11.3 Å². The molecule has 0 saturated carbocycles. The molecule has 0 aromatic heterocycles. The molecule has 0 bridgehead atoms. The van der Waals surface area contributed by atoms with Crippen molar-refractivity contribution in [2.45, 2.75) is 6.04 Å². The molecule has 2 aromatic carbocycles. The van der Waals surface area contributed by atoms with Crippen molar-refractivity contribution in [1.29, 1.82) is 0 Å². The Morgan fingerprint density at radius 2 is 1.82 bits per heavy atom. The zero-order valence-corrected chi connectivity index (χ0v) is 12.8. The lowest BCUT2D eigenvalue weighted by Crippen LogP contribution is -2.29. The number of hydrogen-bond acceptors (Lipinski definition) is 2. The van der Waals surface area contributed by atoms with Gasteiger partial charge in [-0.1, -0.05) is 46.3 Å². The molecule has 0 spiro atoms. The van der Waals surface area contributed by atoms with Crippen LogP contribution in [0.3, 0.4) is 0 Å². The first-order chi connectivity index (χ1) is 8.22. The van der Waals surface area contributed by atoms with Crippen LogP contribution in [-0.2, 0) is 0 Å². The highest BCUT2D eigenvalue weighted by Gasteiger charge is 2.15. The van der Waals surface area contributed by atoms with E-state index in [1.165, 1.54) is 9.13 Å². The number of hydrogen-bond donors (Lipinski definition) is 2. The first kappa shape index (κ1) is 13.0. The average Bonchev–Trinajstić information content (AvgIpc) is 2.36. The molecule has 0 aliphatic rings. The van der Waals surface area contributed by atoms with Gasteiger partial charge in [-0.25, -0.2) is 5.43 Å². The summed E-state index contributed by atoms with van der Waals surface area (Å²) >= 11 is 5.82. The molecule has 0 aliphatic heterocycles. The standard InChI is InChI=1S/C13H12BrIN2/c14-10-6-7-12(15)11(8-10)13(17-16)9-4-2-1-3-5-9/h1-8,13,17H,16H2. The molecule has 0 saturated heterocycles. The molecule has 1 unspecified atom stereocenters. The monoisotopic (exact) mass is 402 g/mol. The summed E-state index contributed by atoms with van der Waals surface area (Å²) in [5, 5.41) is 0. The first-order valence-corrected chi connectivity index (χ1v) is 7.05. The maximum atomic E-state index is 5.69. The van der Waals surface area contributed by atoms with Gasteiger partial charge in [0.15, 0.2) is 0 Å².